The first-order valence-electron chi connectivity index (χ1n) is 8.26. The Morgan fingerprint density at radius 2 is 2.00 bits per heavy atom. The molecule has 0 amide bonds. The highest BCUT2D eigenvalue weighted by atomic mass is 35.5. The molecule has 2 saturated heterocycles. The maximum atomic E-state index is 6.25. The number of hydrogen-bond donors (Lipinski definition) is 0. The van der Waals surface area contributed by atoms with E-state index >= 15 is 0 Å². The van der Waals surface area contributed by atoms with Crippen LogP contribution in [0.5, 0.6) is 0 Å². The van der Waals surface area contributed by atoms with Gasteiger partial charge in [-0.05, 0) is 63.8 Å². The van der Waals surface area contributed by atoms with Crippen LogP contribution in [-0.2, 0) is 4.74 Å². The van der Waals surface area contributed by atoms with E-state index in [1.54, 1.807) is 0 Å². The van der Waals surface area contributed by atoms with Crippen molar-refractivity contribution in [2.24, 2.45) is 5.92 Å². The number of halogens is 2. The first-order chi connectivity index (χ1) is 10.5. The lowest BCUT2D eigenvalue weighted by molar-refractivity contribution is -0.00336. The van der Waals surface area contributed by atoms with Gasteiger partial charge in [-0.2, -0.15) is 0 Å². The zero-order chi connectivity index (χ0) is 15.9. The summed E-state index contributed by atoms with van der Waals surface area (Å²) in [6, 6.07) is 7.45. The van der Waals surface area contributed by atoms with E-state index in [1.807, 2.05) is 6.07 Å². The standard InChI is InChI=1S/C18H25Cl2NO/c1-11(2)22-10-15-14(9-13-5-7-18(15)21(13)3)12-4-6-16(19)17(20)8-12/h4,6,8,11,13-15,18H,5,7,9-10H2,1-3H3. The lowest BCUT2D eigenvalue weighted by Gasteiger charge is -2.43. The predicted molar refractivity (Wildman–Crippen MR) is 93.0 cm³/mol. The summed E-state index contributed by atoms with van der Waals surface area (Å²) in [6.07, 6.45) is 4.05. The molecule has 4 heteroatoms. The SMILES string of the molecule is CC(C)OCC1C(c2ccc(Cl)c(Cl)c2)CC2CCC1N2C. The van der Waals surface area contributed by atoms with Crippen LogP contribution in [0.4, 0.5) is 0 Å². The Labute approximate surface area is 143 Å². The van der Waals surface area contributed by atoms with Crippen LogP contribution in [0.1, 0.15) is 44.6 Å². The van der Waals surface area contributed by atoms with Crippen LogP contribution in [0, 0.1) is 5.92 Å². The highest BCUT2D eigenvalue weighted by Gasteiger charge is 2.46. The van der Waals surface area contributed by atoms with Gasteiger partial charge in [0.1, 0.15) is 0 Å². The molecule has 0 N–H and O–H groups in total. The van der Waals surface area contributed by atoms with Crippen LogP contribution in [0.3, 0.4) is 0 Å². The molecule has 2 fully saturated rings. The fraction of sp³-hybridized carbons (Fsp3) is 0.667. The molecule has 2 bridgehead atoms. The van der Waals surface area contributed by atoms with Crippen molar-refractivity contribution in [3.63, 3.8) is 0 Å². The van der Waals surface area contributed by atoms with Crippen LogP contribution in [0.2, 0.25) is 10.0 Å². The van der Waals surface area contributed by atoms with Gasteiger partial charge in [0.05, 0.1) is 22.8 Å². The molecule has 3 rings (SSSR count). The minimum atomic E-state index is 0.277. The lowest BCUT2D eigenvalue weighted by atomic mass is 9.76. The topological polar surface area (TPSA) is 12.5 Å². The van der Waals surface area contributed by atoms with Crippen molar-refractivity contribution in [2.45, 2.75) is 57.2 Å². The molecular weight excluding hydrogens is 317 g/mol. The fourth-order valence-corrected chi connectivity index (χ4v) is 4.54. The number of ether oxygens (including phenoxy) is 1. The summed E-state index contributed by atoms with van der Waals surface area (Å²) >= 11 is 12.3. The molecule has 1 aromatic carbocycles. The normalized spacial score (nSPS) is 31.9. The third-order valence-electron chi connectivity index (χ3n) is 5.43. The Balaban J connectivity index is 1.87. The van der Waals surface area contributed by atoms with E-state index in [0.29, 0.717) is 34.0 Å². The molecule has 0 spiro atoms. The predicted octanol–water partition coefficient (Wildman–Crippen LogP) is 4.98. The van der Waals surface area contributed by atoms with Gasteiger partial charge >= 0.3 is 0 Å². The highest BCUT2D eigenvalue weighted by molar-refractivity contribution is 6.42. The molecule has 0 radical (unpaired) electrons. The van der Waals surface area contributed by atoms with Crippen molar-refractivity contribution in [3.8, 4) is 0 Å². The maximum absolute atomic E-state index is 6.25. The summed E-state index contributed by atoms with van der Waals surface area (Å²) in [5.41, 5.74) is 1.32. The second-order valence-electron chi connectivity index (χ2n) is 7.03. The molecule has 2 heterocycles. The van der Waals surface area contributed by atoms with Gasteiger partial charge in [0, 0.05) is 18.0 Å². The van der Waals surface area contributed by atoms with Gasteiger partial charge in [0.2, 0.25) is 0 Å². The summed E-state index contributed by atoms with van der Waals surface area (Å²) in [5.74, 6) is 1.05. The molecule has 2 aliphatic heterocycles. The summed E-state index contributed by atoms with van der Waals surface area (Å²) in [4.78, 5) is 2.57. The number of fused-ring (bicyclic) bond motifs is 2. The number of rotatable bonds is 4. The van der Waals surface area contributed by atoms with E-state index in [9.17, 15) is 0 Å². The van der Waals surface area contributed by atoms with E-state index in [-0.39, 0.29) is 6.10 Å². The first kappa shape index (κ1) is 16.6. The van der Waals surface area contributed by atoms with Crippen LogP contribution in [-0.4, -0.2) is 36.7 Å². The molecular formula is C18H25Cl2NO. The molecule has 4 unspecified atom stereocenters. The highest BCUT2D eigenvalue weighted by Crippen LogP contribution is 2.47. The van der Waals surface area contributed by atoms with Crippen LogP contribution in [0.25, 0.3) is 0 Å². The minimum Gasteiger partial charge on any atom is -0.378 e. The van der Waals surface area contributed by atoms with Gasteiger partial charge in [-0.25, -0.2) is 0 Å². The maximum Gasteiger partial charge on any atom is 0.0595 e. The second kappa shape index (κ2) is 6.68. The van der Waals surface area contributed by atoms with Crippen molar-refractivity contribution in [1.82, 2.24) is 4.90 Å². The third kappa shape index (κ3) is 3.17. The smallest absolute Gasteiger partial charge is 0.0595 e. The van der Waals surface area contributed by atoms with E-state index in [4.69, 9.17) is 27.9 Å². The van der Waals surface area contributed by atoms with Crippen molar-refractivity contribution < 1.29 is 4.74 Å². The van der Waals surface area contributed by atoms with Gasteiger partial charge < -0.3 is 9.64 Å². The van der Waals surface area contributed by atoms with E-state index in [0.717, 1.165) is 6.61 Å². The van der Waals surface area contributed by atoms with Crippen molar-refractivity contribution in [2.75, 3.05) is 13.7 Å². The van der Waals surface area contributed by atoms with Gasteiger partial charge in [0.25, 0.3) is 0 Å². The first-order valence-corrected chi connectivity index (χ1v) is 9.01. The van der Waals surface area contributed by atoms with Crippen LogP contribution >= 0.6 is 23.2 Å². The summed E-state index contributed by atoms with van der Waals surface area (Å²) in [7, 11) is 2.27. The molecule has 0 aromatic heterocycles. The number of nitrogens with zero attached hydrogens (tertiary/aromatic N) is 1. The summed E-state index contributed by atoms with van der Waals surface area (Å²) < 4.78 is 6.00. The van der Waals surface area contributed by atoms with Crippen molar-refractivity contribution >= 4 is 23.2 Å². The number of hydrogen-bond acceptors (Lipinski definition) is 2. The number of benzene rings is 1. The average molecular weight is 342 g/mol. The average Bonchev–Trinajstić information content (AvgIpc) is 2.71. The zero-order valence-electron chi connectivity index (χ0n) is 13.6. The van der Waals surface area contributed by atoms with Crippen molar-refractivity contribution in [1.29, 1.82) is 0 Å². The Morgan fingerprint density at radius 3 is 2.68 bits per heavy atom. The number of piperidine rings is 1. The van der Waals surface area contributed by atoms with Gasteiger partial charge in [-0.15, -0.1) is 0 Å². The van der Waals surface area contributed by atoms with E-state index in [1.165, 1.54) is 24.8 Å². The molecule has 22 heavy (non-hydrogen) atoms. The monoisotopic (exact) mass is 341 g/mol. The quantitative estimate of drug-likeness (QED) is 0.765. The Morgan fingerprint density at radius 1 is 1.23 bits per heavy atom. The van der Waals surface area contributed by atoms with E-state index in [2.05, 4.69) is 37.9 Å². The van der Waals surface area contributed by atoms with Crippen LogP contribution < -0.4 is 0 Å². The fourth-order valence-electron chi connectivity index (χ4n) is 4.23. The molecule has 2 aliphatic rings. The van der Waals surface area contributed by atoms with E-state index < -0.39 is 0 Å². The van der Waals surface area contributed by atoms with Gasteiger partial charge in [-0.1, -0.05) is 29.3 Å². The van der Waals surface area contributed by atoms with Gasteiger partial charge in [-0.3, -0.25) is 0 Å². The summed E-state index contributed by atoms with van der Waals surface area (Å²) in [6.45, 7) is 5.04. The molecule has 0 aliphatic carbocycles. The second-order valence-corrected chi connectivity index (χ2v) is 7.84. The molecule has 122 valence electrons. The Kier molecular flexibility index (Phi) is 5.04. The lowest BCUT2D eigenvalue weighted by Crippen LogP contribution is -2.47. The Bertz CT molecular complexity index is 534. The minimum absolute atomic E-state index is 0.277. The molecule has 4 atom stereocenters. The Hall–Kier alpha value is -0.280. The third-order valence-corrected chi connectivity index (χ3v) is 6.16. The molecule has 0 saturated carbocycles. The molecule has 1 aromatic rings. The molecule has 2 nitrogen and oxygen atoms in total. The van der Waals surface area contributed by atoms with Crippen LogP contribution in [0.15, 0.2) is 18.2 Å². The van der Waals surface area contributed by atoms with Gasteiger partial charge in [0.15, 0.2) is 0 Å². The van der Waals surface area contributed by atoms with Crippen molar-refractivity contribution in [3.05, 3.63) is 33.8 Å². The zero-order valence-corrected chi connectivity index (χ0v) is 15.1. The largest absolute Gasteiger partial charge is 0.378 e. The summed E-state index contributed by atoms with van der Waals surface area (Å²) in [5, 5.41) is 1.30.